The van der Waals surface area contributed by atoms with E-state index >= 15 is 0 Å². The summed E-state index contributed by atoms with van der Waals surface area (Å²) in [5, 5.41) is 4.73. The second kappa shape index (κ2) is 4.54. The van der Waals surface area contributed by atoms with Crippen molar-refractivity contribution in [2.75, 3.05) is 13.1 Å². The Kier molecular flexibility index (Phi) is 2.96. The van der Waals surface area contributed by atoms with Crippen molar-refractivity contribution in [3.8, 4) is 0 Å². The van der Waals surface area contributed by atoms with Crippen molar-refractivity contribution >= 4 is 10.0 Å². The molecule has 3 fully saturated rings. The van der Waals surface area contributed by atoms with E-state index in [4.69, 9.17) is 5.73 Å². The Balaban J connectivity index is 1.59. The lowest BCUT2D eigenvalue weighted by molar-refractivity contribution is 0.429. The average Bonchev–Trinajstić information content (AvgIpc) is 2.92. The lowest BCUT2D eigenvalue weighted by Gasteiger charge is -2.17. The third kappa shape index (κ3) is 2.22. The highest BCUT2D eigenvalue weighted by molar-refractivity contribution is 7.89. The van der Waals surface area contributed by atoms with Crippen LogP contribution in [0.2, 0.25) is 0 Å². The molecule has 0 radical (unpaired) electrons. The van der Waals surface area contributed by atoms with Gasteiger partial charge in [0.2, 0.25) is 0 Å². The van der Waals surface area contributed by atoms with Crippen molar-refractivity contribution in [3.63, 3.8) is 0 Å². The van der Waals surface area contributed by atoms with Crippen molar-refractivity contribution < 1.29 is 8.42 Å². The molecule has 21 heavy (non-hydrogen) atoms. The van der Waals surface area contributed by atoms with Gasteiger partial charge in [0, 0.05) is 38.2 Å². The Morgan fingerprint density at radius 1 is 1.24 bits per heavy atom. The molecule has 6 nitrogen and oxygen atoms in total. The molecule has 0 spiro atoms. The van der Waals surface area contributed by atoms with Crippen LogP contribution in [0.3, 0.4) is 0 Å². The molecule has 2 unspecified atom stereocenters. The van der Waals surface area contributed by atoms with Gasteiger partial charge in [0.25, 0.3) is 10.0 Å². The molecule has 0 aromatic carbocycles. The lowest BCUT2D eigenvalue weighted by Crippen LogP contribution is -2.32. The minimum absolute atomic E-state index is 0.253. The van der Waals surface area contributed by atoms with Gasteiger partial charge in [-0.15, -0.1) is 0 Å². The molecule has 1 aromatic heterocycles. The number of nitrogens with two attached hydrogens (primary N) is 1. The first-order chi connectivity index (χ1) is 9.95. The highest BCUT2D eigenvalue weighted by Crippen LogP contribution is 2.42. The molecular weight excluding hydrogens is 288 g/mol. The van der Waals surface area contributed by atoms with Crippen LogP contribution in [0.4, 0.5) is 0 Å². The lowest BCUT2D eigenvalue weighted by atomic mass is 10.0. The van der Waals surface area contributed by atoms with Crippen LogP contribution in [0.15, 0.2) is 11.1 Å². The summed E-state index contributed by atoms with van der Waals surface area (Å²) in [7, 11) is -1.69. The molecule has 7 heteroatoms. The molecule has 1 saturated heterocycles. The highest BCUT2D eigenvalue weighted by Gasteiger charge is 2.44. The van der Waals surface area contributed by atoms with Crippen molar-refractivity contribution in [3.05, 3.63) is 11.8 Å². The molecule has 1 aromatic rings. The molecule has 2 heterocycles. The average molecular weight is 310 g/mol. The van der Waals surface area contributed by atoms with Crippen LogP contribution in [0.5, 0.6) is 0 Å². The quantitative estimate of drug-likeness (QED) is 0.889. The molecule has 0 amide bonds. The van der Waals surface area contributed by atoms with Crippen LogP contribution >= 0.6 is 0 Å². The van der Waals surface area contributed by atoms with Crippen LogP contribution in [0.25, 0.3) is 0 Å². The topological polar surface area (TPSA) is 81.2 Å². The fraction of sp³-hybridized carbons (Fsp3) is 0.786. The van der Waals surface area contributed by atoms with Gasteiger partial charge in [-0.3, -0.25) is 4.68 Å². The van der Waals surface area contributed by atoms with Gasteiger partial charge < -0.3 is 5.73 Å². The minimum atomic E-state index is -3.42. The summed E-state index contributed by atoms with van der Waals surface area (Å²) in [6.45, 7) is 1.23. The Hall–Kier alpha value is -0.920. The van der Waals surface area contributed by atoms with Crippen LogP contribution in [0.1, 0.15) is 37.3 Å². The van der Waals surface area contributed by atoms with E-state index < -0.39 is 10.0 Å². The smallest absolute Gasteiger partial charge is 0.260 e. The Morgan fingerprint density at radius 2 is 1.86 bits per heavy atom. The number of nitrogens with zero attached hydrogens (tertiary/aromatic N) is 3. The summed E-state index contributed by atoms with van der Waals surface area (Å²) in [4.78, 5) is 0. The maximum absolute atomic E-state index is 12.9. The van der Waals surface area contributed by atoms with E-state index in [0.717, 1.165) is 31.4 Å². The Labute approximate surface area is 125 Å². The summed E-state index contributed by atoms with van der Waals surface area (Å²) in [6, 6.07) is 2.02. The SMILES string of the molecule is Cn1nc(C2CC2)cc1S(=O)(=O)N1CC2CC(N)CC2C1. The fourth-order valence-electron chi connectivity index (χ4n) is 3.92. The van der Waals surface area contributed by atoms with Gasteiger partial charge in [-0.05, 0) is 37.5 Å². The van der Waals surface area contributed by atoms with Gasteiger partial charge in [0.05, 0.1) is 5.69 Å². The fourth-order valence-corrected chi connectivity index (χ4v) is 5.61. The Morgan fingerprint density at radius 3 is 2.43 bits per heavy atom. The van der Waals surface area contributed by atoms with Crippen molar-refractivity contribution in [1.29, 1.82) is 0 Å². The van der Waals surface area contributed by atoms with E-state index in [1.807, 2.05) is 0 Å². The number of hydrogen-bond acceptors (Lipinski definition) is 4. The number of aromatic nitrogens is 2. The molecule has 2 atom stereocenters. The predicted molar refractivity (Wildman–Crippen MR) is 78.1 cm³/mol. The summed E-state index contributed by atoms with van der Waals surface area (Å²) >= 11 is 0. The maximum Gasteiger partial charge on any atom is 0.260 e. The number of fused-ring (bicyclic) bond motifs is 1. The maximum atomic E-state index is 12.9. The van der Waals surface area contributed by atoms with E-state index in [2.05, 4.69) is 5.10 Å². The number of hydrogen-bond donors (Lipinski definition) is 1. The predicted octanol–water partition coefficient (Wildman–Crippen LogP) is 0.655. The van der Waals surface area contributed by atoms with E-state index in [1.54, 1.807) is 17.4 Å². The van der Waals surface area contributed by atoms with Gasteiger partial charge in [-0.25, -0.2) is 8.42 Å². The minimum Gasteiger partial charge on any atom is -0.328 e. The normalized spacial score (nSPS) is 33.5. The van der Waals surface area contributed by atoms with E-state index in [-0.39, 0.29) is 6.04 Å². The Bertz CT molecular complexity index is 651. The van der Waals surface area contributed by atoms with E-state index in [9.17, 15) is 8.42 Å². The molecule has 4 rings (SSSR count). The zero-order valence-electron chi connectivity index (χ0n) is 12.3. The van der Waals surface area contributed by atoms with Crippen molar-refractivity contribution in [2.45, 2.75) is 42.7 Å². The molecular formula is C14H22N4O2S. The number of aryl methyl sites for hydroxylation is 1. The first-order valence-corrected chi connectivity index (χ1v) is 9.19. The summed E-state index contributed by atoms with van der Waals surface area (Å²) in [5.41, 5.74) is 6.90. The molecule has 2 aliphatic carbocycles. The summed E-state index contributed by atoms with van der Waals surface area (Å²) in [6.07, 6.45) is 4.16. The number of sulfonamides is 1. The van der Waals surface area contributed by atoms with Crippen LogP contribution < -0.4 is 5.73 Å². The van der Waals surface area contributed by atoms with Gasteiger partial charge in [-0.2, -0.15) is 9.40 Å². The molecule has 116 valence electrons. The number of rotatable bonds is 3. The van der Waals surface area contributed by atoms with Crippen LogP contribution in [-0.4, -0.2) is 41.6 Å². The van der Waals surface area contributed by atoms with Gasteiger partial charge in [0.1, 0.15) is 0 Å². The third-order valence-corrected chi connectivity index (χ3v) is 7.10. The van der Waals surface area contributed by atoms with Gasteiger partial charge >= 0.3 is 0 Å². The highest BCUT2D eigenvalue weighted by atomic mass is 32.2. The monoisotopic (exact) mass is 310 g/mol. The molecule has 2 N–H and O–H groups in total. The zero-order valence-corrected chi connectivity index (χ0v) is 13.1. The van der Waals surface area contributed by atoms with Crippen molar-refractivity contribution in [2.24, 2.45) is 24.6 Å². The zero-order chi connectivity index (χ0) is 14.8. The van der Waals surface area contributed by atoms with Crippen LogP contribution in [0, 0.1) is 11.8 Å². The molecule has 0 bridgehead atoms. The molecule has 1 aliphatic heterocycles. The van der Waals surface area contributed by atoms with E-state index in [0.29, 0.717) is 35.9 Å². The molecule has 2 saturated carbocycles. The second-order valence-corrected chi connectivity index (χ2v) is 8.76. The third-order valence-electron chi connectivity index (χ3n) is 5.21. The summed E-state index contributed by atoms with van der Waals surface area (Å²) < 4.78 is 28.9. The summed E-state index contributed by atoms with van der Waals surface area (Å²) in [5.74, 6) is 1.34. The van der Waals surface area contributed by atoms with Crippen molar-refractivity contribution in [1.82, 2.24) is 14.1 Å². The van der Waals surface area contributed by atoms with Crippen LogP contribution in [-0.2, 0) is 17.1 Å². The largest absolute Gasteiger partial charge is 0.328 e. The second-order valence-electron chi connectivity index (χ2n) is 6.88. The molecule has 3 aliphatic rings. The first-order valence-electron chi connectivity index (χ1n) is 7.75. The van der Waals surface area contributed by atoms with Gasteiger partial charge in [0.15, 0.2) is 5.03 Å². The standard InChI is InChI=1S/C14H22N4O2S/c1-17-14(6-13(16-17)9-2-3-9)21(19,20)18-7-10-4-12(15)5-11(10)8-18/h6,9-12H,2-5,7-8,15H2,1H3. The first kappa shape index (κ1) is 13.7. The van der Waals surface area contributed by atoms with Gasteiger partial charge in [-0.1, -0.05) is 0 Å². The van der Waals surface area contributed by atoms with E-state index in [1.165, 1.54) is 4.68 Å².